The summed E-state index contributed by atoms with van der Waals surface area (Å²) in [5.41, 5.74) is 3.33. The van der Waals surface area contributed by atoms with Gasteiger partial charge in [0, 0.05) is 17.6 Å². The molecule has 2 aromatic rings. The van der Waals surface area contributed by atoms with Crippen molar-refractivity contribution in [2.45, 2.75) is 18.9 Å². The number of benzene rings is 2. The molecule has 0 fully saturated rings. The van der Waals surface area contributed by atoms with Crippen LogP contribution in [-0.4, -0.2) is 30.7 Å². The molecule has 0 saturated carbocycles. The second-order valence-corrected chi connectivity index (χ2v) is 6.72. The molecule has 3 nitrogen and oxygen atoms in total. The van der Waals surface area contributed by atoms with Crippen molar-refractivity contribution in [1.82, 2.24) is 4.90 Å². The average Bonchev–Trinajstić information content (AvgIpc) is 2.54. The van der Waals surface area contributed by atoms with Crippen molar-refractivity contribution in [2.75, 3.05) is 20.7 Å². The molecule has 1 unspecified atom stereocenters. The fourth-order valence-electron chi connectivity index (χ4n) is 3.14. The van der Waals surface area contributed by atoms with Crippen molar-refractivity contribution in [2.24, 2.45) is 0 Å². The first-order chi connectivity index (χ1) is 11.0. The molecule has 0 aromatic heterocycles. The largest absolute Gasteiger partial charge is 0.506 e. The summed E-state index contributed by atoms with van der Waals surface area (Å²) >= 11 is 12.4. The molecule has 1 heterocycles. The van der Waals surface area contributed by atoms with E-state index in [1.54, 1.807) is 13.2 Å². The summed E-state index contributed by atoms with van der Waals surface area (Å²) in [6, 6.07) is 9.49. The van der Waals surface area contributed by atoms with Gasteiger partial charge in [0.1, 0.15) is 11.5 Å². The van der Waals surface area contributed by atoms with Crippen LogP contribution in [0.4, 0.5) is 0 Å². The van der Waals surface area contributed by atoms with Crippen LogP contribution in [0.5, 0.6) is 11.5 Å². The van der Waals surface area contributed by atoms with Gasteiger partial charge in [0.15, 0.2) is 0 Å². The van der Waals surface area contributed by atoms with Gasteiger partial charge in [-0.05, 0) is 66.9 Å². The molecule has 2 aromatic carbocycles. The average molecular weight is 389 g/mol. The minimum Gasteiger partial charge on any atom is -0.506 e. The number of hydrogen-bond acceptors (Lipinski definition) is 3. The Hall–Kier alpha value is -1.13. The summed E-state index contributed by atoms with van der Waals surface area (Å²) in [5.74, 6) is 0.921. The Morgan fingerprint density at radius 1 is 1.21 bits per heavy atom. The van der Waals surface area contributed by atoms with E-state index >= 15 is 0 Å². The second kappa shape index (κ2) is 7.83. The summed E-state index contributed by atoms with van der Waals surface area (Å²) in [7, 11) is 3.74. The normalized spacial score (nSPS) is 17.1. The van der Waals surface area contributed by atoms with E-state index in [0.717, 1.165) is 41.3 Å². The zero-order valence-electron chi connectivity index (χ0n) is 13.6. The van der Waals surface area contributed by atoms with Crippen LogP contribution >= 0.6 is 35.6 Å². The predicted molar refractivity (Wildman–Crippen MR) is 101 cm³/mol. The summed E-state index contributed by atoms with van der Waals surface area (Å²) in [4.78, 5) is 2.28. The number of phenols is 1. The third-order valence-electron chi connectivity index (χ3n) is 4.50. The van der Waals surface area contributed by atoms with Crippen molar-refractivity contribution in [3.8, 4) is 11.5 Å². The highest BCUT2D eigenvalue weighted by Crippen LogP contribution is 2.38. The molecule has 1 N–H and O–H groups in total. The second-order valence-electron chi connectivity index (χ2n) is 5.91. The van der Waals surface area contributed by atoms with Gasteiger partial charge in [0.25, 0.3) is 0 Å². The standard InChI is InChI=1S/C18H19Cl2NO2.ClH/c1-21-6-5-11-8-16(20)18(22)10-14(11)17(21)9-12-7-13(23-2)3-4-15(12)19;/h3-4,7-8,10,17,22H,5-6,9H2,1-2H3;1H. The molecule has 0 aliphatic carbocycles. The number of rotatable bonds is 3. The molecule has 0 spiro atoms. The van der Waals surface area contributed by atoms with Crippen LogP contribution < -0.4 is 4.74 Å². The summed E-state index contributed by atoms with van der Waals surface area (Å²) in [6.07, 6.45) is 1.68. The predicted octanol–water partition coefficient (Wildman–Crippen LogP) is 4.90. The lowest BCUT2D eigenvalue weighted by molar-refractivity contribution is 0.229. The highest BCUT2D eigenvalue weighted by atomic mass is 35.5. The topological polar surface area (TPSA) is 32.7 Å². The van der Waals surface area contributed by atoms with E-state index < -0.39 is 0 Å². The van der Waals surface area contributed by atoms with Crippen LogP contribution in [0.1, 0.15) is 22.7 Å². The van der Waals surface area contributed by atoms with E-state index in [0.29, 0.717) is 5.02 Å². The Kier molecular flexibility index (Phi) is 6.27. The molecule has 6 heteroatoms. The van der Waals surface area contributed by atoms with Gasteiger partial charge in [-0.2, -0.15) is 0 Å². The minimum atomic E-state index is 0. The molecule has 3 rings (SSSR count). The summed E-state index contributed by atoms with van der Waals surface area (Å²) in [6.45, 7) is 0.945. The molecule has 130 valence electrons. The van der Waals surface area contributed by atoms with E-state index in [9.17, 15) is 5.11 Å². The third kappa shape index (κ3) is 3.75. The Balaban J connectivity index is 0.00000208. The summed E-state index contributed by atoms with van der Waals surface area (Å²) < 4.78 is 5.30. The first-order valence-corrected chi connectivity index (χ1v) is 8.29. The lowest BCUT2D eigenvalue weighted by atomic mass is 9.89. The van der Waals surface area contributed by atoms with Gasteiger partial charge in [-0.25, -0.2) is 0 Å². The van der Waals surface area contributed by atoms with Gasteiger partial charge in [-0.15, -0.1) is 12.4 Å². The Bertz CT molecular complexity index is 736. The quantitative estimate of drug-likeness (QED) is 0.811. The Morgan fingerprint density at radius 2 is 1.96 bits per heavy atom. The third-order valence-corrected chi connectivity index (χ3v) is 5.17. The van der Waals surface area contributed by atoms with Crippen molar-refractivity contribution in [3.05, 3.63) is 57.1 Å². The van der Waals surface area contributed by atoms with Gasteiger partial charge in [0.05, 0.1) is 12.1 Å². The summed E-state index contributed by atoms with van der Waals surface area (Å²) in [5, 5.41) is 11.1. The van der Waals surface area contributed by atoms with Crippen LogP contribution in [0.3, 0.4) is 0 Å². The number of phenolic OH excluding ortho intramolecular Hbond substituents is 1. The molecule has 1 aliphatic heterocycles. The molecule has 0 saturated heterocycles. The molecular formula is C18H20Cl3NO2. The number of halogens is 3. The molecule has 1 atom stereocenters. The number of nitrogens with zero attached hydrogens (tertiary/aromatic N) is 1. The highest BCUT2D eigenvalue weighted by Gasteiger charge is 2.27. The maximum absolute atomic E-state index is 9.99. The van der Waals surface area contributed by atoms with Crippen molar-refractivity contribution >= 4 is 35.6 Å². The van der Waals surface area contributed by atoms with Crippen LogP contribution in [-0.2, 0) is 12.8 Å². The van der Waals surface area contributed by atoms with Crippen LogP contribution in [0.2, 0.25) is 10.0 Å². The number of ether oxygens (including phenoxy) is 1. The van der Waals surface area contributed by atoms with Crippen molar-refractivity contribution in [1.29, 1.82) is 0 Å². The van der Waals surface area contributed by atoms with Gasteiger partial charge in [-0.3, -0.25) is 4.90 Å². The molecule has 24 heavy (non-hydrogen) atoms. The monoisotopic (exact) mass is 387 g/mol. The van der Waals surface area contributed by atoms with Gasteiger partial charge >= 0.3 is 0 Å². The lowest BCUT2D eigenvalue weighted by Gasteiger charge is -2.35. The van der Waals surface area contributed by atoms with E-state index in [4.69, 9.17) is 27.9 Å². The van der Waals surface area contributed by atoms with Crippen LogP contribution in [0, 0.1) is 0 Å². The van der Waals surface area contributed by atoms with Gasteiger partial charge < -0.3 is 9.84 Å². The smallest absolute Gasteiger partial charge is 0.134 e. The van der Waals surface area contributed by atoms with Crippen molar-refractivity contribution < 1.29 is 9.84 Å². The molecule has 0 bridgehead atoms. The zero-order valence-corrected chi connectivity index (χ0v) is 15.9. The van der Waals surface area contributed by atoms with E-state index in [1.165, 1.54) is 5.56 Å². The SMILES string of the molecule is COc1ccc(Cl)c(CC2c3cc(O)c(Cl)cc3CCN2C)c1.Cl. The number of likely N-dealkylation sites (N-methyl/N-ethyl adjacent to an activating group) is 1. The fraction of sp³-hybridized carbons (Fsp3) is 0.333. The molecular weight excluding hydrogens is 369 g/mol. The van der Waals surface area contributed by atoms with E-state index in [2.05, 4.69) is 11.9 Å². The van der Waals surface area contributed by atoms with E-state index in [1.807, 2.05) is 24.3 Å². The Labute approximate surface area is 158 Å². The van der Waals surface area contributed by atoms with Gasteiger partial charge in [0.2, 0.25) is 0 Å². The first kappa shape index (κ1) is 19.2. The van der Waals surface area contributed by atoms with Crippen LogP contribution in [0.25, 0.3) is 0 Å². The molecule has 0 amide bonds. The number of hydrogen-bond donors (Lipinski definition) is 1. The van der Waals surface area contributed by atoms with Crippen molar-refractivity contribution in [3.63, 3.8) is 0 Å². The zero-order chi connectivity index (χ0) is 16.6. The fourth-order valence-corrected chi connectivity index (χ4v) is 3.53. The lowest BCUT2D eigenvalue weighted by Crippen LogP contribution is -2.33. The van der Waals surface area contributed by atoms with E-state index in [-0.39, 0.29) is 24.2 Å². The highest BCUT2D eigenvalue weighted by molar-refractivity contribution is 6.32. The van der Waals surface area contributed by atoms with Crippen LogP contribution in [0.15, 0.2) is 30.3 Å². The first-order valence-electron chi connectivity index (χ1n) is 7.53. The maximum atomic E-state index is 9.99. The Morgan fingerprint density at radius 3 is 2.67 bits per heavy atom. The number of fused-ring (bicyclic) bond motifs is 1. The minimum absolute atomic E-state index is 0. The number of methoxy groups -OCH3 is 1. The molecule has 1 aliphatic rings. The van der Waals surface area contributed by atoms with Gasteiger partial charge in [-0.1, -0.05) is 23.2 Å². The maximum Gasteiger partial charge on any atom is 0.134 e. The molecule has 0 radical (unpaired) electrons. The number of aromatic hydroxyl groups is 1.